The van der Waals surface area contributed by atoms with Crippen LogP contribution in [0.5, 0.6) is 0 Å². The van der Waals surface area contributed by atoms with E-state index in [4.69, 9.17) is 15.0 Å². The van der Waals surface area contributed by atoms with Gasteiger partial charge in [0.05, 0.1) is 0 Å². The number of rotatable bonds is 5. The summed E-state index contributed by atoms with van der Waals surface area (Å²) in [6.45, 7) is 4.88. The monoisotopic (exact) mass is 835 g/mol. The van der Waals surface area contributed by atoms with E-state index in [2.05, 4.69) is 190 Å². The molecule has 0 aliphatic heterocycles. The fraction of sp³-hybridized carbons (Fsp3) is 0.210. The highest BCUT2D eigenvalue weighted by Crippen LogP contribution is 2.71. The molecule has 0 radical (unpaired) electrons. The van der Waals surface area contributed by atoms with Gasteiger partial charge < -0.3 is 0 Å². The summed E-state index contributed by atoms with van der Waals surface area (Å²) in [5.41, 5.74) is 19.7. The number of nitrogens with zero attached hydrogens (tertiary/aromatic N) is 3. The summed E-state index contributed by atoms with van der Waals surface area (Å²) in [5.74, 6) is 5.00. The van der Waals surface area contributed by atoms with Crippen molar-refractivity contribution in [2.75, 3.05) is 0 Å². The second kappa shape index (κ2) is 13.8. The van der Waals surface area contributed by atoms with Crippen LogP contribution in [0.2, 0.25) is 0 Å². The lowest BCUT2D eigenvalue weighted by molar-refractivity contribution is -0.0397. The van der Waals surface area contributed by atoms with Gasteiger partial charge in [-0.2, -0.15) is 0 Å². The Labute approximate surface area is 381 Å². The lowest BCUT2D eigenvalue weighted by atomic mass is 9.42. The summed E-state index contributed by atoms with van der Waals surface area (Å²) >= 11 is 0. The Morgan fingerprint density at radius 2 is 0.846 bits per heavy atom. The van der Waals surface area contributed by atoms with Crippen LogP contribution < -0.4 is 0 Å². The van der Waals surface area contributed by atoms with Crippen LogP contribution in [0.4, 0.5) is 0 Å². The lowest BCUT2D eigenvalue weighted by Gasteiger charge is -2.61. The van der Waals surface area contributed by atoms with Crippen molar-refractivity contribution in [3.63, 3.8) is 0 Å². The van der Waals surface area contributed by atoms with Gasteiger partial charge in [-0.15, -0.1) is 0 Å². The minimum Gasteiger partial charge on any atom is -0.208 e. The van der Waals surface area contributed by atoms with Gasteiger partial charge in [-0.3, -0.25) is 0 Å². The molecule has 3 nitrogen and oxygen atoms in total. The molecule has 0 N–H and O–H groups in total. The van der Waals surface area contributed by atoms with Crippen LogP contribution in [0.3, 0.4) is 0 Å². The summed E-state index contributed by atoms with van der Waals surface area (Å²) < 4.78 is 0. The van der Waals surface area contributed by atoms with E-state index in [-0.39, 0.29) is 10.8 Å². The zero-order valence-corrected chi connectivity index (χ0v) is 36.9. The van der Waals surface area contributed by atoms with Gasteiger partial charge in [0.25, 0.3) is 0 Å². The molecule has 0 unspecified atom stereocenters. The van der Waals surface area contributed by atoms with Crippen LogP contribution in [0, 0.1) is 23.7 Å². The first-order valence-corrected chi connectivity index (χ1v) is 23.9. The lowest BCUT2D eigenvalue weighted by Crippen LogP contribution is -2.55. The van der Waals surface area contributed by atoms with Crippen LogP contribution in [-0.4, -0.2) is 15.0 Å². The number of hydrogen-bond acceptors (Lipinski definition) is 3. The Morgan fingerprint density at radius 3 is 1.55 bits per heavy atom. The summed E-state index contributed by atoms with van der Waals surface area (Å²) in [4.78, 5) is 15.8. The second-order valence-electron chi connectivity index (χ2n) is 20.4. The first-order valence-electron chi connectivity index (χ1n) is 23.9. The maximum atomic E-state index is 5.36. The largest absolute Gasteiger partial charge is 0.208 e. The molecule has 0 amide bonds. The van der Waals surface area contributed by atoms with Crippen LogP contribution in [0.1, 0.15) is 68.2 Å². The molecule has 1 aromatic heterocycles. The van der Waals surface area contributed by atoms with E-state index >= 15 is 0 Å². The predicted molar refractivity (Wildman–Crippen MR) is 265 cm³/mol. The highest BCUT2D eigenvalue weighted by Gasteiger charge is 2.62. The van der Waals surface area contributed by atoms with E-state index < -0.39 is 0 Å². The van der Waals surface area contributed by atoms with Crippen molar-refractivity contribution < 1.29 is 0 Å². The van der Waals surface area contributed by atoms with E-state index in [0.29, 0.717) is 23.5 Å². The average Bonchev–Trinajstić information content (AvgIpc) is 3.78. The molecular formula is C62H49N3. The third-order valence-electron chi connectivity index (χ3n) is 16.7. The third-order valence-corrected chi connectivity index (χ3v) is 16.7. The SMILES string of the molecule is CC1(C)c2ccccc2-c2cccc(-c3cccc4c3C3(c5cc(-c6nc(-c7ccccc7)nc(-c7ccc(-c8ccc9ccccc9c8)cc7)n6)ccc5-4)C4CC5CC(C4)CC3C5)c21. The maximum absolute atomic E-state index is 5.36. The number of aromatic nitrogens is 3. The zero-order chi connectivity index (χ0) is 43.0. The van der Waals surface area contributed by atoms with Crippen molar-refractivity contribution >= 4 is 10.8 Å². The van der Waals surface area contributed by atoms with E-state index in [9.17, 15) is 0 Å². The highest BCUT2D eigenvalue weighted by molar-refractivity contribution is 5.95. The second-order valence-corrected chi connectivity index (χ2v) is 20.4. The molecule has 15 rings (SSSR count). The molecule has 1 spiro atoms. The van der Waals surface area contributed by atoms with Gasteiger partial charge in [0, 0.05) is 27.5 Å². The summed E-state index contributed by atoms with van der Waals surface area (Å²) in [5, 5.41) is 2.49. The fourth-order valence-corrected chi connectivity index (χ4v) is 14.2. The Kier molecular flexibility index (Phi) is 7.92. The van der Waals surface area contributed by atoms with Gasteiger partial charge in [0.1, 0.15) is 0 Å². The first-order chi connectivity index (χ1) is 31.9. The first kappa shape index (κ1) is 37.4. The number of benzene rings is 8. The van der Waals surface area contributed by atoms with Crippen molar-refractivity contribution in [2.45, 2.75) is 56.8 Å². The molecule has 0 saturated heterocycles. The van der Waals surface area contributed by atoms with E-state index in [1.165, 1.54) is 104 Å². The van der Waals surface area contributed by atoms with Crippen molar-refractivity contribution in [1.29, 1.82) is 0 Å². The minimum absolute atomic E-state index is 0.0697. The van der Waals surface area contributed by atoms with Gasteiger partial charge >= 0.3 is 0 Å². The summed E-state index contributed by atoms with van der Waals surface area (Å²) in [6, 6.07) is 65.1. The summed E-state index contributed by atoms with van der Waals surface area (Å²) in [7, 11) is 0. The van der Waals surface area contributed by atoms with Crippen LogP contribution in [0.25, 0.3) is 89.4 Å². The zero-order valence-electron chi connectivity index (χ0n) is 36.9. The van der Waals surface area contributed by atoms with Crippen molar-refractivity contribution in [1.82, 2.24) is 15.0 Å². The predicted octanol–water partition coefficient (Wildman–Crippen LogP) is 15.4. The summed E-state index contributed by atoms with van der Waals surface area (Å²) in [6.07, 6.45) is 6.69. The van der Waals surface area contributed by atoms with E-state index in [1.807, 2.05) is 0 Å². The topological polar surface area (TPSA) is 38.7 Å². The molecular weight excluding hydrogens is 787 g/mol. The molecule has 4 saturated carbocycles. The normalized spacial score (nSPS) is 22.5. The number of hydrogen-bond donors (Lipinski definition) is 0. The van der Waals surface area contributed by atoms with Gasteiger partial charge in [-0.1, -0.05) is 178 Å². The molecule has 4 fully saturated rings. The van der Waals surface area contributed by atoms with Crippen molar-refractivity contribution in [2.24, 2.45) is 23.7 Å². The van der Waals surface area contributed by atoms with Gasteiger partial charge in [0.15, 0.2) is 17.5 Å². The van der Waals surface area contributed by atoms with E-state index in [1.54, 1.807) is 5.56 Å². The van der Waals surface area contributed by atoms with Gasteiger partial charge in [-0.05, 0) is 145 Å². The molecule has 6 aliphatic carbocycles. The molecule has 0 atom stereocenters. The van der Waals surface area contributed by atoms with Crippen molar-refractivity contribution in [3.8, 4) is 78.7 Å². The quantitative estimate of drug-likeness (QED) is 0.173. The standard InChI is InChI=1S/C62H49N3/c1-61(2)54-21-9-8-16-48(54)50-17-10-19-52(56(50)61)53-20-11-18-51-49-29-28-45(36-55(49)62(57(51)53)46-31-37-30-38(33-46)34-47(62)32-37)60-64-58(41-13-4-3-5-14-41)63-59(65-60)42-25-22-40(23-26-42)44-27-24-39-12-6-7-15-43(39)35-44/h3-29,35-38,46-47H,30-34H2,1-2H3. The average molecular weight is 836 g/mol. The molecule has 4 bridgehead atoms. The van der Waals surface area contributed by atoms with E-state index in [0.717, 1.165) is 34.4 Å². The molecule has 9 aromatic rings. The van der Waals surface area contributed by atoms with Crippen molar-refractivity contribution in [3.05, 3.63) is 198 Å². The third kappa shape index (κ3) is 5.39. The Bertz CT molecular complexity index is 3390. The number of fused-ring (bicyclic) bond motifs is 7. The Hall–Kier alpha value is -6.97. The fourth-order valence-electron chi connectivity index (χ4n) is 14.2. The van der Waals surface area contributed by atoms with Crippen LogP contribution in [0.15, 0.2) is 176 Å². The molecule has 1 heterocycles. The smallest absolute Gasteiger partial charge is 0.164 e. The Balaban J connectivity index is 0.935. The molecule has 65 heavy (non-hydrogen) atoms. The molecule has 8 aromatic carbocycles. The maximum Gasteiger partial charge on any atom is 0.164 e. The van der Waals surface area contributed by atoms with Gasteiger partial charge in [0.2, 0.25) is 0 Å². The van der Waals surface area contributed by atoms with Crippen LogP contribution >= 0.6 is 0 Å². The Morgan fingerprint density at radius 1 is 0.354 bits per heavy atom. The minimum atomic E-state index is -0.106. The van der Waals surface area contributed by atoms with Crippen LogP contribution in [-0.2, 0) is 10.8 Å². The van der Waals surface area contributed by atoms with Gasteiger partial charge in [-0.25, -0.2) is 15.0 Å². The molecule has 312 valence electrons. The molecule has 3 heteroatoms. The highest BCUT2D eigenvalue weighted by atomic mass is 15.0. The molecule has 6 aliphatic rings.